The number of aliphatic carboxylic acids is 2. The van der Waals surface area contributed by atoms with Gasteiger partial charge in [-0.15, -0.1) is 0 Å². The number of hydrogen-bond acceptors (Lipinski definition) is 2. The molecule has 0 bridgehead atoms. The first-order valence-electron chi connectivity index (χ1n) is 7.17. The summed E-state index contributed by atoms with van der Waals surface area (Å²) in [6, 6.07) is 7.72. The first kappa shape index (κ1) is 18.6. The van der Waals surface area contributed by atoms with Gasteiger partial charge in [-0.05, 0) is 11.1 Å². The standard InChI is InChI=1S/C20H18O4/c21-19(22)15-6-4-2-1-3-5-11-17-12-7-8-13-18(17)14-9-10-16-20(23)24/h1-16H,(H,21,22)(H,23,24)/b3-1+,4-2+,11-5+,14-9+,15-6+,16-10+. The van der Waals surface area contributed by atoms with Gasteiger partial charge >= 0.3 is 11.9 Å². The maximum atomic E-state index is 10.4. The average Bonchev–Trinajstić information content (AvgIpc) is 2.54. The number of allylic oxidation sites excluding steroid dienone is 8. The summed E-state index contributed by atoms with van der Waals surface area (Å²) in [7, 11) is 0. The number of carboxylic acid groups (broad SMARTS) is 2. The summed E-state index contributed by atoms with van der Waals surface area (Å²) in [5.74, 6) is -1.96. The molecule has 0 aliphatic heterocycles. The van der Waals surface area contributed by atoms with E-state index in [1.807, 2.05) is 48.6 Å². The van der Waals surface area contributed by atoms with Crippen LogP contribution in [0.15, 0.2) is 85.0 Å². The smallest absolute Gasteiger partial charge is 0.328 e. The van der Waals surface area contributed by atoms with Crippen molar-refractivity contribution in [1.29, 1.82) is 0 Å². The lowest BCUT2D eigenvalue weighted by Crippen LogP contribution is -1.84. The third kappa shape index (κ3) is 8.79. The van der Waals surface area contributed by atoms with Crippen LogP contribution in [0, 0.1) is 0 Å². The Bertz CT molecular complexity index is 732. The Morgan fingerprint density at radius 3 is 1.50 bits per heavy atom. The molecule has 0 aliphatic carbocycles. The third-order valence-corrected chi connectivity index (χ3v) is 2.69. The second kappa shape index (κ2) is 11.2. The number of hydrogen-bond donors (Lipinski definition) is 2. The number of carboxylic acids is 2. The van der Waals surface area contributed by atoms with E-state index in [9.17, 15) is 9.59 Å². The van der Waals surface area contributed by atoms with Crippen LogP contribution in [-0.2, 0) is 9.59 Å². The molecule has 0 saturated heterocycles. The monoisotopic (exact) mass is 322 g/mol. The maximum absolute atomic E-state index is 10.4. The molecule has 4 heteroatoms. The van der Waals surface area contributed by atoms with Crippen LogP contribution in [0.3, 0.4) is 0 Å². The summed E-state index contributed by atoms with van der Waals surface area (Å²) in [5, 5.41) is 17.0. The molecule has 2 N–H and O–H groups in total. The zero-order valence-corrected chi connectivity index (χ0v) is 12.9. The molecule has 0 saturated carbocycles. The largest absolute Gasteiger partial charge is 0.478 e. The highest BCUT2D eigenvalue weighted by molar-refractivity contribution is 5.80. The molecule has 1 aromatic carbocycles. The van der Waals surface area contributed by atoms with Crippen molar-refractivity contribution >= 4 is 24.1 Å². The van der Waals surface area contributed by atoms with Gasteiger partial charge in [-0.25, -0.2) is 9.59 Å². The summed E-state index contributed by atoms with van der Waals surface area (Å²) in [6.07, 6.45) is 19.3. The van der Waals surface area contributed by atoms with E-state index in [2.05, 4.69) is 0 Å². The zero-order chi connectivity index (χ0) is 17.6. The molecule has 1 rings (SSSR count). The highest BCUT2D eigenvalue weighted by Crippen LogP contribution is 2.12. The highest BCUT2D eigenvalue weighted by Gasteiger charge is 1.92. The lowest BCUT2D eigenvalue weighted by Gasteiger charge is -1.98. The summed E-state index contributed by atoms with van der Waals surface area (Å²) in [5.41, 5.74) is 1.97. The molecule has 0 fully saturated rings. The van der Waals surface area contributed by atoms with Crippen molar-refractivity contribution in [3.8, 4) is 0 Å². The third-order valence-electron chi connectivity index (χ3n) is 2.69. The molecule has 1 aromatic rings. The van der Waals surface area contributed by atoms with Crippen molar-refractivity contribution in [2.45, 2.75) is 0 Å². The Morgan fingerprint density at radius 2 is 1.00 bits per heavy atom. The lowest BCUT2D eigenvalue weighted by atomic mass is 10.1. The summed E-state index contributed by atoms with van der Waals surface area (Å²) < 4.78 is 0. The van der Waals surface area contributed by atoms with E-state index in [0.29, 0.717) is 0 Å². The van der Waals surface area contributed by atoms with Gasteiger partial charge in [0.15, 0.2) is 0 Å². The first-order valence-corrected chi connectivity index (χ1v) is 7.17. The van der Waals surface area contributed by atoms with E-state index in [4.69, 9.17) is 10.2 Å². The molecule has 24 heavy (non-hydrogen) atoms. The minimum Gasteiger partial charge on any atom is -0.478 e. The molecule has 0 radical (unpaired) electrons. The van der Waals surface area contributed by atoms with Crippen LogP contribution >= 0.6 is 0 Å². The van der Waals surface area contributed by atoms with Crippen molar-refractivity contribution in [3.63, 3.8) is 0 Å². The Morgan fingerprint density at radius 1 is 0.625 bits per heavy atom. The van der Waals surface area contributed by atoms with E-state index in [0.717, 1.165) is 23.3 Å². The van der Waals surface area contributed by atoms with Gasteiger partial charge in [0.25, 0.3) is 0 Å². The Labute approximate surface area is 140 Å². The van der Waals surface area contributed by atoms with Crippen molar-refractivity contribution in [1.82, 2.24) is 0 Å². The minimum absolute atomic E-state index is 0.970. The average molecular weight is 322 g/mol. The van der Waals surface area contributed by atoms with Gasteiger partial charge in [0.05, 0.1) is 0 Å². The van der Waals surface area contributed by atoms with Crippen LogP contribution in [0.1, 0.15) is 11.1 Å². The normalized spacial score (nSPS) is 12.7. The molecule has 4 nitrogen and oxygen atoms in total. The van der Waals surface area contributed by atoms with Crippen LogP contribution in [0.2, 0.25) is 0 Å². The molecule has 122 valence electrons. The van der Waals surface area contributed by atoms with Crippen LogP contribution in [0.5, 0.6) is 0 Å². The second-order valence-electron chi connectivity index (χ2n) is 4.51. The Hall–Kier alpha value is -3.40. The molecular formula is C20H18O4. The van der Waals surface area contributed by atoms with Gasteiger partial charge in [0.2, 0.25) is 0 Å². The predicted octanol–water partition coefficient (Wildman–Crippen LogP) is 4.11. The fraction of sp³-hybridized carbons (Fsp3) is 0. The number of benzene rings is 1. The van der Waals surface area contributed by atoms with Crippen molar-refractivity contribution in [3.05, 3.63) is 96.2 Å². The second-order valence-corrected chi connectivity index (χ2v) is 4.51. The maximum Gasteiger partial charge on any atom is 0.328 e. The van der Waals surface area contributed by atoms with Gasteiger partial charge in [-0.1, -0.05) is 85.0 Å². The van der Waals surface area contributed by atoms with Gasteiger partial charge in [0, 0.05) is 12.2 Å². The molecular weight excluding hydrogens is 304 g/mol. The fourth-order valence-corrected chi connectivity index (χ4v) is 1.67. The molecule has 0 heterocycles. The summed E-state index contributed by atoms with van der Waals surface area (Å²) in [4.78, 5) is 20.7. The van der Waals surface area contributed by atoms with Crippen LogP contribution in [0.25, 0.3) is 12.2 Å². The highest BCUT2D eigenvalue weighted by atomic mass is 16.4. The number of rotatable bonds is 8. The van der Waals surface area contributed by atoms with Crippen molar-refractivity contribution in [2.24, 2.45) is 0 Å². The lowest BCUT2D eigenvalue weighted by molar-refractivity contribution is -0.132. The summed E-state index contributed by atoms with van der Waals surface area (Å²) in [6.45, 7) is 0. The topological polar surface area (TPSA) is 74.6 Å². The van der Waals surface area contributed by atoms with E-state index in [1.165, 1.54) is 12.2 Å². The SMILES string of the molecule is O=C(O)/C=C/C=C/C=C/C=C/c1ccccc1/C=C/C=C/C(=O)O. The van der Waals surface area contributed by atoms with Crippen LogP contribution in [0.4, 0.5) is 0 Å². The van der Waals surface area contributed by atoms with E-state index >= 15 is 0 Å². The summed E-state index contributed by atoms with van der Waals surface area (Å²) >= 11 is 0. The van der Waals surface area contributed by atoms with Crippen LogP contribution < -0.4 is 0 Å². The van der Waals surface area contributed by atoms with Crippen LogP contribution in [-0.4, -0.2) is 22.2 Å². The van der Waals surface area contributed by atoms with Gasteiger partial charge in [-0.3, -0.25) is 0 Å². The van der Waals surface area contributed by atoms with Gasteiger partial charge in [-0.2, -0.15) is 0 Å². The van der Waals surface area contributed by atoms with E-state index in [-0.39, 0.29) is 0 Å². The van der Waals surface area contributed by atoms with Crippen molar-refractivity contribution < 1.29 is 19.8 Å². The minimum atomic E-state index is -0.982. The quantitative estimate of drug-likeness (QED) is 0.558. The van der Waals surface area contributed by atoms with Gasteiger partial charge < -0.3 is 10.2 Å². The Balaban J connectivity index is 2.67. The molecule has 0 unspecified atom stereocenters. The molecule has 0 amide bonds. The predicted molar refractivity (Wildman–Crippen MR) is 96.3 cm³/mol. The fourth-order valence-electron chi connectivity index (χ4n) is 1.67. The molecule has 0 atom stereocenters. The number of carbonyl (C=O) groups is 2. The zero-order valence-electron chi connectivity index (χ0n) is 12.9. The van der Waals surface area contributed by atoms with Crippen molar-refractivity contribution in [2.75, 3.05) is 0 Å². The molecule has 0 aliphatic rings. The Kier molecular flexibility index (Phi) is 8.71. The van der Waals surface area contributed by atoms with E-state index in [1.54, 1.807) is 24.3 Å². The molecule has 0 aromatic heterocycles. The first-order chi connectivity index (χ1) is 11.6. The van der Waals surface area contributed by atoms with Gasteiger partial charge in [0.1, 0.15) is 0 Å². The van der Waals surface area contributed by atoms with E-state index < -0.39 is 11.9 Å². The molecule has 0 spiro atoms.